The molecule has 17 heavy (non-hydrogen) atoms. The van der Waals surface area contributed by atoms with E-state index in [1.54, 1.807) is 30.5 Å². The van der Waals surface area contributed by atoms with E-state index >= 15 is 0 Å². The minimum absolute atomic E-state index is 0.316. The molecule has 0 aliphatic heterocycles. The highest BCUT2D eigenvalue weighted by atomic mass is 79.9. The van der Waals surface area contributed by atoms with Gasteiger partial charge in [0.05, 0.1) is 16.4 Å². The molecule has 0 aromatic carbocycles. The van der Waals surface area contributed by atoms with Crippen LogP contribution < -0.4 is 11.1 Å². The van der Waals surface area contributed by atoms with Gasteiger partial charge in [0, 0.05) is 6.20 Å². The lowest BCUT2D eigenvalue weighted by Gasteiger charge is -2.06. The molecular formula is C11H9BrN4O. The Morgan fingerprint density at radius 1 is 1.35 bits per heavy atom. The number of anilines is 2. The number of carbonyl (C=O) groups is 1. The highest BCUT2D eigenvalue weighted by molar-refractivity contribution is 9.10. The average molecular weight is 293 g/mol. The van der Waals surface area contributed by atoms with Crippen LogP contribution in [0.15, 0.2) is 41.1 Å². The number of amides is 1. The van der Waals surface area contributed by atoms with Crippen molar-refractivity contribution in [2.24, 2.45) is 0 Å². The molecule has 0 saturated heterocycles. The molecule has 86 valence electrons. The number of nitrogens with zero attached hydrogens (tertiary/aromatic N) is 2. The average Bonchev–Trinajstić information content (AvgIpc) is 2.34. The van der Waals surface area contributed by atoms with E-state index in [-0.39, 0.29) is 5.91 Å². The van der Waals surface area contributed by atoms with Gasteiger partial charge in [-0.1, -0.05) is 6.07 Å². The van der Waals surface area contributed by atoms with E-state index in [0.717, 1.165) is 0 Å². The van der Waals surface area contributed by atoms with Crippen LogP contribution in [0.25, 0.3) is 0 Å². The number of nitrogens with two attached hydrogens (primary N) is 1. The molecule has 2 heterocycles. The SMILES string of the molecule is Nc1cnc(NC(=O)c2ccccn2)c(Br)c1. The number of carbonyl (C=O) groups excluding carboxylic acids is 1. The van der Waals surface area contributed by atoms with Crippen molar-refractivity contribution in [2.75, 3.05) is 11.1 Å². The van der Waals surface area contributed by atoms with E-state index in [4.69, 9.17) is 5.73 Å². The van der Waals surface area contributed by atoms with Gasteiger partial charge in [0.2, 0.25) is 0 Å². The molecule has 3 N–H and O–H groups in total. The number of hydrogen-bond acceptors (Lipinski definition) is 4. The van der Waals surface area contributed by atoms with Crippen LogP contribution in [-0.2, 0) is 0 Å². The van der Waals surface area contributed by atoms with Gasteiger partial charge in [0.1, 0.15) is 11.5 Å². The van der Waals surface area contributed by atoms with E-state index in [0.29, 0.717) is 21.7 Å². The minimum Gasteiger partial charge on any atom is -0.397 e. The van der Waals surface area contributed by atoms with Gasteiger partial charge in [-0.05, 0) is 34.1 Å². The fraction of sp³-hybridized carbons (Fsp3) is 0. The standard InChI is InChI=1S/C11H9BrN4O/c12-8-5-7(13)6-15-10(8)16-11(17)9-3-1-2-4-14-9/h1-6H,13H2,(H,15,16,17). The molecule has 2 rings (SSSR count). The minimum atomic E-state index is -0.316. The molecule has 6 heteroatoms. The molecule has 0 bridgehead atoms. The third-order valence-electron chi connectivity index (χ3n) is 1.99. The maximum absolute atomic E-state index is 11.8. The second-order valence-corrected chi connectivity index (χ2v) is 4.12. The molecule has 2 aromatic heterocycles. The van der Waals surface area contributed by atoms with E-state index in [2.05, 4.69) is 31.2 Å². The van der Waals surface area contributed by atoms with Crippen molar-refractivity contribution in [2.45, 2.75) is 0 Å². The molecule has 0 saturated carbocycles. The van der Waals surface area contributed by atoms with Crippen molar-refractivity contribution in [3.05, 3.63) is 46.8 Å². The number of aromatic nitrogens is 2. The molecule has 1 amide bonds. The Balaban J connectivity index is 2.19. The third kappa shape index (κ3) is 2.79. The molecule has 0 spiro atoms. The fourth-order valence-corrected chi connectivity index (χ4v) is 1.68. The number of halogens is 1. The molecule has 0 fully saturated rings. The van der Waals surface area contributed by atoms with Crippen LogP contribution in [0.4, 0.5) is 11.5 Å². The first-order valence-electron chi connectivity index (χ1n) is 4.80. The van der Waals surface area contributed by atoms with Gasteiger partial charge in [-0.15, -0.1) is 0 Å². The van der Waals surface area contributed by atoms with Crippen LogP contribution in [-0.4, -0.2) is 15.9 Å². The smallest absolute Gasteiger partial charge is 0.275 e. The molecule has 0 aliphatic rings. The summed E-state index contributed by atoms with van der Waals surface area (Å²) < 4.78 is 0.627. The summed E-state index contributed by atoms with van der Waals surface area (Å²) in [5.74, 6) is 0.0958. The Morgan fingerprint density at radius 2 is 2.18 bits per heavy atom. The largest absolute Gasteiger partial charge is 0.397 e. The summed E-state index contributed by atoms with van der Waals surface area (Å²) >= 11 is 3.27. The summed E-state index contributed by atoms with van der Waals surface area (Å²) in [4.78, 5) is 19.7. The third-order valence-corrected chi connectivity index (χ3v) is 2.60. The number of nitrogen functional groups attached to an aromatic ring is 1. The van der Waals surface area contributed by atoms with E-state index < -0.39 is 0 Å². The van der Waals surface area contributed by atoms with Gasteiger partial charge in [-0.3, -0.25) is 9.78 Å². The Morgan fingerprint density at radius 3 is 2.82 bits per heavy atom. The van der Waals surface area contributed by atoms with Crippen LogP contribution in [0.5, 0.6) is 0 Å². The Labute approximate surface area is 106 Å². The highest BCUT2D eigenvalue weighted by Crippen LogP contribution is 2.21. The topological polar surface area (TPSA) is 80.9 Å². The number of rotatable bonds is 2. The Kier molecular flexibility index (Phi) is 3.34. The lowest BCUT2D eigenvalue weighted by molar-refractivity contribution is 0.102. The number of nitrogens with one attached hydrogen (secondary N) is 1. The van der Waals surface area contributed by atoms with E-state index in [1.807, 2.05) is 0 Å². The predicted molar refractivity (Wildman–Crippen MR) is 68.5 cm³/mol. The lowest BCUT2D eigenvalue weighted by Crippen LogP contribution is -2.14. The summed E-state index contributed by atoms with van der Waals surface area (Å²) in [6.07, 6.45) is 3.03. The number of pyridine rings is 2. The van der Waals surface area contributed by atoms with E-state index in [1.165, 1.54) is 6.20 Å². The maximum Gasteiger partial charge on any atom is 0.275 e. The summed E-state index contributed by atoms with van der Waals surface area (Å²) in [5.41, 5.74) is 6.40. The van der Waals surface area contributed by atoms with Crippen LogP contribution in [0.2, 0.25) is 0 Å². The van der Waals surface area contributed by atoms with Crippen LogP contribution in [0.1, 0.15) is 10.5 Å². The normalized spacial score (nSPS) is 9.94. The molecule has 0 atom stereocenters. The van der Waals surface area contributed by atoms with Gasteiger partial charge in [0.15, 0.2) is 0 Å². The molecule has 2 aromatic rings. The molecule has 0 aliphatic carbocycles. The first kappa shape index (κ1) is 11.5. The zero-order valence-corrected chi connectivity index (χ0v) is 10.3. The zero-order valence-electron chi connectivity index (χ0n) is 8.72. The Hall–Kier alpha value is -1.95. The van der Waals surface area contributed by atoms with Gasteiger partial charge >= 0.3 is 0 Å². The van der Waals surface area contributed by atoms with Gasteiger partial charge in [0.25, 0.3) is 5.91 Å². The van der Waals surface area contributed by atoms with Gasteiger partial charge < -0.3 is 11.1 Å². The summed E-state index contributed by atoms with van der Waals surface area (Å²) in [7, 11) is 0. The predicted octanol–water partition coefficient (Wildman–Crippen LogP) is 2.07. The van der Waals surface area contributed by atoms with Crippen LogP contribution >= 0.6 is 15.9 Å². The first-order valence-corrected chi connectivity index (χ1v) is 5.59. The molecule has 5 nitrogen and oxygen atoms in total. The summed E-state index contributed by atoms with van der Waals surface area (Å²) in [5, 5.41) is 2.64. The molecular weight excluding hydrogens is 284 g/mol. The van der Waals surface area contributed by atoms with Gasteiger partial charge in [-0.2, -0.15) is 0 Å². The second-order valence-electron chi connectivity index (χ2n) is 3.27. The molecule has 0 unspecified atom stereocenters. The van der Waals surface area contributed by atoms with Crippen molar-refractivity contribution in [1.82, 2.24) is 9.97 Å². The first-order chi connectivity index (χ1) is 8.16. The number of hydrogen-bond donors (Lipinski definition) is 2. The van der Waals surface area contributed by atoms with Crippen LogP contribution in [0, 0.1) is 0 Å². The summed E-state index contributed by atoms with van der Waals surface area (Å²) in [6.45, 7) is 0. The van der Waals surface area contributed by atoms with Crippen molar-refractivity contribution in [3.8, 4) is 0 Å². The molecule has 0 radical (unpaired) electrons. The van der Waals surface area contributed by atoms with Crippen molar-refractivity contribution >= 4 is 33.3 Å². The Bertz CT molecular complexity index is 544. The maximum atomic E-state index is 11.8. The zero-order chi connectivity index (χ0) is 12.3. The van der Waals surface area contributed by atoms with Crippen LogP contribution in [0.3, 0.4) is 0 Å². The second kappa shape index (κ2) is 4.92. The van der Waals surface area contributed by atoms with Gasteiger partial charge in [-0.25, -0.2) is 4.98 Å². The lowest BCUT2D eigenvalue weighted by atomic mass is 10.3. The highest BCUT2D eigenvalue weighted by Gasteiger charge is 2.09. The van der Waals surface area contributed by atoms with Crippen molar-refractivity contribution in [1.29, 1.82) is 0 Å². The fourth-order valence-electron chi connectivity index (χ4n) is 1.21. The summed E-state index contributed by atoms with van der Waals surface area (Å²) in [6, 6.07) is 6.78. The quantitative estimate of drug-likeness (QED) is 0.888. The monoisotopic (exact) mass is 292 g/mol. The van der Waals surface area contributed by atoms with Crippen molar-refractivity contribution < 1.29 is 4.79 Å². The van der Waals surface area contributed by atoms with Crippen molar-refractivity contribution in [3.63, 3.8) is 0 Å². The van der Waals surface area contributed by atoms with E-state index in [9.17, 15) is 4.79 Å².